The monoisotopic (exact) mass is 375 g/mol. The van der Waals surface area contributed by atoms with Crippen molar-refractivity contribution in [2.75, 3.05) is 10.6 Å². The summed E-state index contributed by atoms with van der Waals surface area (Å²) in [6, 6.07) is 14.8. The number of hydrogen-bond acceptors (Lipinski definition) is 4. The van der Waals surface area contributed by atoms with Gasteiger partial charge in [-0.3, -0.25) is 14.7 Å². The molecule has 0 atom stereocenters. The summed E-state index contributed by atoms with van der Waals surface area (Å²) in [6.45, 7) is 1.85. The van der Waals surface area contributed by atoms with Gasteiger partial charge in [-0.2, -0.15) is 5.10 Å². The van der Waals surface area contributed by atoms with Gasteiger partial charge < -0.3 is 10.6 Å². The van der Waals surface area contributed by atoms with Crippen LogP contribution in [-0.4, -0.2) is 27.0 Å². The third kappa shape index (κ3) is 4.43. The third-order valence-corrected chi connectivity index (χ3v) is 4.56. The SMILES string of the molecule is Cc1nc(-c2ccc(NC(=O)Cc3ccc(NC(=O)C4CC4)cc3)cc2)n[nH]1. The van der Waals surface area contributed by atoms with Crippen LogP contribution in [0.1, 0.15) is 24.2 Å². The Morgan fingerprint density at radius 3 is 2.25 bits per heavy atom. The molecule has 1 saturated carbocycles. The van der Waals surface area contributed by atoms with Crippen LogP contribution in [0.5, 0.6) is 0 Å². The third-order valence-electron chi connectivity index (χ3n) is 4.56. The number of rotatable bonds is 6. The molecule has 3 aromatic rings. The lowest BCUT2D eigenvalue weighted by atomic mass is 10.1. The summed E-state index contributed by atoms with van der Waals surface area (Å²) in [6.07, 6.45) is 2.21. The molecule has 0 bridgehead atoms. The molecule has 4 rings (SSSR count). The molecule has 7 nitrogen and oxygen atoms in total. The summed E-state index contributed by atoms with van der Waals surface area (Å²) in [5, 5.41) is 12.7. The Bertz CT molecular complexity index is 988. The normalized spacial score (nSPS) is 13.2. The van der Waals surface area contributed by atoms with Crippen LogP contribution in [0.3, 0.4) is 0 Å². The van der Waals surface area contributed by atoms with Crippen LogP contribution in [0.4, 0.5) is 11.4 Å². The minimum atomic E-state index is -0.101. The molecule has 142 valence electrons. The molecule has 0 unspecified atom stereocenters. The Morgan fingerprint density at radius 1 is 1.00 bits per heavy atom. The van der Waals surface area contributed by atoms with Crippen molar-refractivity contribution in [1.82, 2.24) is 15.2 Å². The maximum Gasteiger partial charge on any atom is 0.228 e. The minimum Gasteiger partial charge on any atom is -0.326 e. The van der Waals surface area contributed by atoms with Gasteiger partial charge in [-0.25, -0.2) is 4.98 Å². The van der Waals surface area contributed by atoms with Gasteiger partial charge in [-0.05, 0) is 61.7 Å². The van der Waals surface area contributed by atoms with E-state index in [4.69, 9.17) is 0 Å². The first kappa shape index (κ1) is 17.9. The van der Waals surface area contributed by atoms with Crippen LogP contribution >= 0.6 is 0 Å². The quantitative estimate of drug-likeness (QED) is 0.615. The smallest absolute Gasteiger partial charge is 0.228 e. The van der Waals surface area contributed by atoms with Gasteiger partial charge in [0.15, 0.2) is 5.82 Å². The second-order valence-electron chi connectivity index (χ2n) is 7.01. The van der Waals surface area contributed by atoms with Crippen LogP contribution in [0.15, 0.2) is 48.5 Å². The van der Waals surface area contributed by atoms with E-state index in [-0.39, 0.29) is 24.2 Å². The second kappa shape index (κ2) is 7.64. The number of amides is 2. The Labute approximate surface area is 162 Å². The number of aryl methyl sites for hydroxylation is 1. The molecule has 2 aromatic carbocycles. The number of aromatic nitrogens is 3. The summed E-state index contributed by atoms with van der Waals surface area (Å²) in [5.41, 5.74) is 3.24. The van der Waals surface area contributed by atoms with Crippen LogP contribution in [0.25, 0.3) is 11.4 Å². The van der Waals surface area contributed by atoms with Crippen LogP contribution < -0.4 is 10.6 Å². The highest BCUT2D eigenvalue weighted by Crippen LogP contribution is 2.30. The van der Waals surface area contributed by atoms with Crippen molar-refractivity contribution in [1.29, 1.82) is 0 Å². The van der Waals surface area contributed by atoms with E-state index < -0.39 is 0 Å². The summed E-state index contributed by atoms with van der Waals surface area (Å²) >= 11 is 0. The maximum absolute atomic E-state index is 12.3. The highest BCUT2D eigenvalue weighted by atomic mass is 16.2. The van der Waals surface area contributed by atoms with E-state index in [1.54, 1.807) is 0 Å². The maximum atomic E-state index is 12.3. The van der Waals surface area contributed by atoms with E-state index >= 15 is 0 Å². The Hall–Kier alpha value is -3.48. The number of H-pyrrole nitrogens is 1. The number of hydrogen-bond donors (Lipinski definition) is 3. The lowest BCUT2D eigenvalue weighted by molar-refractivity contribution is -0.117. The molecule has 2 amide bonds. The standard InChI is InChI=1S/C21H21N5O2/c1-13-22-20(26-25-13)15-6-10-17(11-7-15)23-19(27)12-14-2-8-18(9-3-14)24-21(28)16-4-5-16/h2-3,6-11,16H,4-5,12H2,1H3,(H,23,27)(H,24,28)(H,22,25,26). The summed E-state index contributed by atoms with van der Waals surface area (Å²) < 4.78 is 0. The number of anilines is 2. The molecule has 1 aliphatic carbocycles. The first-order chi connectivity index (χ1) is 13.6. The molecule has 1 heterocycles. The Balaban J connectivity index is 1.31. The molecule has 0 saturated heterocycles. The van der Waals surface area contributed by atoms with Gasteiger partial charge in [0.2, 0.25) is 11.8 Å². The Morgan fingerprint density at radius 2 is 1.64 bits per heavy atom. The lowest BCUT2D eigenvalue weighted by Gasteiger charge is -2.08. The lowest BCUT2D eigenvalue weighted by Crippen LogP contribution is -2.15. The van der Waals surface area contributed by atoms with E-state index in [1.807, 2.05) is 55.5 Å². The summed E-state index contributed by atoms with van der Waals surface area (Å²) in [4.78, 5) is 28.3. The largest absolute Gasteiger partial charge is 0.326 e. The second-order valence-corrected chi connectivity index (χ2v) is 7.01. The molecule has 28 heavy (non-hydrogen) atoms. The molecule has 7 heteroatoms. The van der Waals surface area contributed by atoms with Crippen LogP contribution in [-0.2, 0) is 16.0 Å². The predicted molar refractivity (Wildman–Crippen MR) is 107 cm³/mol. The van der Waals surface area contributed by atoms with Crippen LogP contribution in [0.2, 0.25) is 0 Å². The van der Waals surface area contributed by atoms with Crippen molar-refractivity contribution in [3.63, 3.8) is 0 Å². The van der Waals surface area contributed by atoms with Crippen molar-refractivity contribution < 1.29 is 9.59 Å². The predicted octanol–water partition coefficient (Wildman–Crippen LogP) is 3.31. The van der Waals surface area contributed by atoms with Gasteiger partial charge >= 0.3 is 0 Å². The van der Waals surface area contributed by atoms with E-state index in [0.717, 1.165) is 35.5 Å². The number of benzene rings is 2. The summed E-state index contributed by atoms with van der Waals surface area (Å²) in [7, 11) is 0. The molecule has 1 aliphatic rings. The van der Waals surface area contributed by atoms with Gasteiger partial charge in [0.25, 0.3) is 0 Å². The molecule has 3 N–H and O–H groups in total. The van der Waals surface area contributed by atoms with Crippen molar-refractivity contribution in [3.8, 4) is 11.4 Å². The summed E-state index contributed by atoms with van der Waals surface area (Å²) in [5.74, 6) is 1.53. The Kier molecular flexibility index (Phi) is 4.89. The van der Waals surface area contributed by atoms with E-state index in [0.29, 0.717) is 11.5 Å². The zero-order chi connectivity index (χ0) is 19.5. The van der Waals surface area contributed by atoms with Gasteiger partial charge in [0, 0.05) is 22.9 Å². The average Bonchev–Trinajstić information content (AvgIpc) is 3.45. The fourth-order valence-electron chi connectivity index (χ4n) is 2.86. The molecule has 1 fully saturated rings. The van der Waals surface area contributed by atoms with Crippen molar-refractivity contribution in [2.24, 2.45) is 5.92 Å². The van der Waals surface area contributed by atoms with Crippen molar-refractivity contribution in [3.05, 3.63) is 59.9 Å². The molecule has 1 aromatic heterocycles. The molecule has 0 radical (unpaired) electrons. The van der Waals surface area contributed by atoms with Gasteiger partial charge in [0.1, 0.15) is 5.82 Å². The average molecular weight is 375 g/mol. The zero-order valence-corrected chi connectivity index (χ0v) is 15.5. The van der Waals surface area contributed by atoms with Gasteiger partial charge in [0.05, 0.1) is 6.42 Å². The zero-order valence-electron chi connectivity index (χ0n) is 15.5. The first-order valence-electron chi connectivity index (χ1n) is 9.26. The fourth-order valence-corrected chi connectivity index (χ4v) is 2.86. The van der Waals surface area contributed by atoms with Gasteiger partial charge in [-0.1, -0.05) is 12.1 Å². The highest BCUT2D eigenvalue weighted by Gasteiger charge is 2.29. The van der Waals surface area contributed by atoms with Gasteiger partial charge in [-0.15, -0.1) is 0 Å². The number of carbonyl (C=O) groups is 2. The van der Waals surface area contributed by atoms with E-state index in [1.165, 1.54) is 0 Å². The van der Waals surface area contributed by atoms with E-state index in [2.05, 4.69) is 25.8 Å². The fraction of sp³-hybridized carbons (Fsp3) is 0.238. The molecule has 0 aliphatic heterocycles. The molecular formula is C21H21N5O2. The molecular weight excluding hydrogens is 354 g/mol. The minimum absolute atomic E-state index is 0.0779. The number of nitrogens with zero attached hydrogens (tertiary/aromatic N) is 2. The number of nitrogens with one attached hydrogen (secondary N) is 3. The number of carbonyl (C=O) groups excluding carboxylic acids is 2. The highest BCUT2D eigenvalue weighted by molar-refractivity contribution is 5.94. The topological polar surface area (TPSA) is 99.8 Å². The molecule has 0 spiro atoms. The number of aromatic amines is 1. The van der Waals surface area contributed by atoms with E-state index in [9.17, 15) is 9.59 Å². The van der Waals surface area contributed by atoms with Crippen molar-refractivity contribution >= 4 is 23.2 Å². The first-order valence-corrected chi connectivity index (χ1v) is 9.26. The van der Waals surface area contributed by atoms with Crippen LogP contribution in [0, 0.1) is 12.8 Å². The van der Waals surface area contributed by atoms with Crippen molar-refractivity contribution in [2.45, 2.75) is 26.2 Å².